The van der Waals surface area contributed by atoms with Crippen LogP contribution in [0.2, 0.25) is 0 Å². The number of hydrogen-bond donors (Lipinski definition) is 1. The minimum atomic E-state index is 0.0732. The highest BCUT2D eigenvalue weighted by molar-refractivity contribution is 7.99. The van der Waals surface area contributed by atoms with Crippen molar-refractivity contribution in [1.82, 2.24) is 20.1 Å². The van der Waals surface area contributed by atoms with Crippen molar-refractivity contribution in [3.8, 4) is 16.4 Å². The molecule has 0 spiro atoms. The summed E-state index contributed by atoms with van der Waals surface area (Å²) in [7, 11) is 0. The van der Waals surface area contributed by atoms with Crippen LogP contribution in [0.25, 0.3) is 16.4 Å². The van der Waals surface area contributed by atoms with E-state index in [1.54, 1.807) is 11.3 Å². The zero-order chi connectivity index (χ0) is 19.3. The minimum Gasteiger partial charge on any atom is -0.352 e. The van der Waals surface area contributed by atoms with Gasteiger partial charge in [0.25, 0.3) is 0 Å². The Balaban J connectivity index is 1.51. The molecule has 7 heteroatoms. The molecule has 1 N–H and O–H groups in total. The van der Waals surface area contributed by atoms with Gasteiger partial charge in [0, 0.05) is 11.7 Å². The molecular weight excluding hydrogens is 388 g/mol. The number of thiophene rings is 1. The first-order valence-electron chi connectivity index (χ1n) is 9.69. The Morgan fingerprint density at radius 2 is 2.00 bits per heavy atom. The topological polar surface area (TPSA) is 59.8 Å². The SMILES string of the molecule is C[C@@H]1CCCC[C@@H]1NC(=O)CSc1nnc(-c2cccs2)n1-c1ccccc1. The lowest BCUT2D eigenvalue weighted by Crippen LogP contribution is -2.41. The van der Waals surface area contributed by atoms with E-state index in [1.807, 2.05) is 52.4 Å². The van der Waals surface area contributed by atoms with Gasteiger partial charge in [0.05, 0.1) is 10.6 Å². The Morgan fingerprint density at radius 1 is 1.18 bits per heavy atom. The van der Waals surface area contributed by atoms with Crippen molar-refractivity contribution in [2.45, 2.75) is 43.8 Å². The van der Waals surface area contributed by atoms with Gasteiger partial charge in [-0.15, -0.1) is 21.5 Å². The summed E-state index contributed by atoms with van der Waals surface area (Å²) in [5.41, 5.74) is 1.000. The zero-order valence-electron chi connectivity index (χ0n) is 15.9. The van der Waals surface area contributed by atoms with Crippen LogP contribution in [0.1, 0.15) is 32.6 Å². The third-order valence-corrected chi connectivity index (χ3v) is 6.97. The van der Waals surface area contributed by atoms with Gasteiger partial charge < -0.3 is 5.32 Å². The molecule has 2 aromatic heterocycles. The number of nitrogens with one attached hydrogen (secondary N) is 1. The summed E-state index contributed by atoms with van der Waals surface area (Å²) in [4.78, 5) is 13.6. The number of nitrogens with zero attached hydrogens (tertiary/aromatic N) is 3. The van der Waals surface area contributed by atoms with Crippen molar-refractivity contribution in [2.75, 3.05) is 5.75 Å². The standard InChI is InChI=1S/C21H24N4OS2/c1-15-8-5-6-11-17(15)22-19(26)14-28-21-24-23-20(18-12-7-13-27-18)25(21)16-9-3-2-4-10-16/h2-4,7,9-10,12-13,15,17H,5-6,8,11,14H2,1H3,(H,22,26)/t15-,17+/m1/s1. The summed E-state index contributed by atoms with van der Waals surface area (Å²) < 4.78 is 2.03. The second-order valence-electron chi connectivity index (χ2n) is 7.18. The van der Waals surface area contributed by atoms with E-state index < -0.39 is 0 Å². The second kappa shape index (κ2) is 8.92. The third-order valence-electron chi connectivity index (χ3n) is 5.18. The summed E-state index contributed by atoms with van der Waals surface area (Å²) in [6.45, 7) is 2.23. The van der Waals surface area contributed by atoms with Gasteiger partial charge >= 0.3 is 0 Å². The lowest BCUT2D eigenvalue weighted by atomic mass is 9.86. The molecule has 1 aliphatic rings. The normalized spacial score (nSPS) is 19.5. The molecule has 2 heterocycles. The number of hydrogen-bond acceptors (Lipinski definition) is 5. The van der Waals surface area contributed by atoms with Gasteiger partial charge in [-0.3, -0.25) is 9.36 Å². The number of aromatic nitrogens is 3. The fourth-order valence-corrected chi connectivity index (χ4v) is 5.11. The number of carbonyl (C=O) groups is 1. The van der Waals surface area contributed by atoms with Crippen LogP contribution >= 0.6 is 23.1 Å². The maximum absolute atomic E-state index is 12.5. The summed E-state index contributed by atoms with van der Waals surface area (Å²) >= 11 is 3.07. The van der Waals surface area contributed by atoms with Gasteiger partial charge in [-0.2, -0.15) is 0 Å². The molecule has 1 aromatic carbocycles. The summed E-state index contributed by atoms with van der Waals surface area (Å²) in [6, 6.07) is 14.4. The molecule has 0 radical (unpaired) electrons. The molecule has 3 aromatic rings. The van der Waals surface area contributed by atoms with Crippen molar-refractivity contribution in [3.05, 3.63) is 47.8 Å². The predicted octanol–water partition coefficient (Wildman–Crippen LogP) is 4.78. The monoisotopic (exact) mass is 412 g/mol. The predicted molar refractivity (Wildman–Crippen MR) is 115 cm³/mol. The number of para-hydroxylation sites is 1. The van der Waals surface area contributed by atoms with Gasteiger partial charge in [-0.1, -0.05) is 55.8 Å². The maximum Gasteiger partial charge on any atom is 0.230 e. The molecule has 1 aliphatic carbocycles. The quantitative estimate of drug-likeness (QED) is 0.592. The van der Waals surface area contributed by atoms with E-state index in [0.29, 0.717) is 17.7 Å². The number of carbonyl (C=O) groups excluding carboxylic acids is 1. The largest absolute Gasteiger partial charge is 0.352 e. The number of benzene rings is 1. The number of amides is 1. The average molecular weight is 413 g/mol. The Labute approximate surface area is 173 Å². The van der Waals surface area contributed by atoms with Crippen LogP contribution in [0, 0.1) is 5.92 Å². The van der Waals surface area contributed by atoms with Crippen LogP contribution in [0.5, 0.6) is 0 Å². The van der Waals surface area contributed by atoms with Crippen molar-refractivity contribution in [2.24, 2.45) is 5.92 Å². The lowest BCUT2D eigenvalue weighted by Gasteiger charge is -2.29. The molecule has 4 rings (SSSR count). The van der Waals surface area contributed by atoms with Crippen molar-refractivity contribution in [3.63, 3.8) is 0 Å². The van der Waals surface area contributed by atoms with Gasteiger partial charge in [0.15, 0.2) is 11.0 Å². The highest BCUT2D eigenvalue weighted by atomic mass is 32.2. The van der Waals surface area contributed by atoms with E-state index in [-0.39, 0.29) is 5.91 Å². The highest BCUT2D eigenvalue weighted by Crippen LogP contribution is 2.30. The second-order valence-corrected chi connectivity index (χ2v) is 9.07. The molecule has 0 aliphatic heterocycles. The van der Waals surface area contributed by atoms with Crippen LogP contribution in [0.3, 0.4) is 0 Å². The van der Waals surface area contributed by atoms with E-state index in [1.165, 1.54) is 31.0 Å². The van der Waals surface area contributed by atoms with Gasteiger partial charge in [0.2, 0.25) is 5.91 Å². The number of rotatable bonds is 6. The maximum atomic E-state index is 12.5. The zero-order valence-corrected chi connectivity index (χ0v) is 17.5. The number of thioether (sulfide) groups is 1. The van der Waals surface area contributed by atoms with Crippen LogP contribution in [-0.2, 0) is 4.79 Å². The average Bonchev–Trinajstić information content (AvgIpc) is 3.38. The Kier molecular flexibility index (Phi) is 6.12. The fourth-order valence-electron chi connectivity index (χ4n) is 3.65. The summed E-state index contributed by atoms with van der Waals surface area (Å²) in [5, 5.41) is 14.8. The van der Waals surface area contributed by atoms with E-state index in [0.717, 1.165) is 28.0 Å². The first-order valence-corrected chi connectivity index (χ1v) is 11.6. The molecular formula is C21H24N4OS2. The minimum absolute atomic E-state index is 0.0732. The van der Waals surface area contributed by atoms with Gasteiger partial charge in [-0.25, -0.2) is 0 Å². The molecule has 1 fully saturated rings. The molecule has 5 nitrogen and oxygen atoms in total. The third kappa shape index (κ3) is 4.31. The van der Waals surface area contributed by atoms with Gasteiger partial charge in [-0.05, 0) is 42.3 Å². The first kappa shape index (κ1) is 19.2. The highest BCUT2D eigenvalue weighted by Gasteiger charge is 2.23. The van der Waals surface area contributed by atoms with Crippen molar-refractivity contribution >= 4 is 29.0 Å². The van der Waals surface area contributed by atoms with Gasteiger partial charge in [0.1, 0.15) is 0 Å². The Morgan fingerprint density at radius 3 is 2.75 bits per heavy atom. The van der Waals surface area contributed by atoms with Crippen LogP contribution in [0.15, 0.2) is 53.0 Å². The Hall–Kier alpha value is -2.12. The van der Waals surface area contributed by atoms with Crippen molar-refractivity contribution < 1.29 is 4.79 Å². The summed E-state index contributed by atoms with van der Waals surface area (Å²) in [6.07, 6.45) is 4.76. The smallest absolute Gasteiger partial charge is 0.230 e. The lowest BCUT2D eigenvalue weighted by molar-refractivity contribution is -0.119. The molecule has 146 valence electrons. The molecule has 1 amide bonds. The first-order chi connectivity index (χ1) is 13.7. The fraction of sp³-hybridized carbons (Fsp3) is 0.381. The molecule has 28 heavy (non-hydrogen) atoms. The molecule has 2 atom stereocenters. The Bertz CT molecular complexity index is 908. The van der Waals surface area contributed by atoms with E-state index in [2.05, 4.69) is 22.4 Å². The van der Waals surface area contributed by atoms with Crippen molar-refractivity contribution in [1.29, 1.82) is 0 Å². The van der Waals surface area contributed by atoms with Crippen LogP contribution in [0.4, 0.5) is 0 Å². The van der Waals surface area contributed by atoms with Crippen LogP contribution < -0.4 is 5.32 Å². The van der Waals surface area contributed by atoms with E-state index in [4.69, 9.17) is 0 Å². The molecule has 0 unspecified atom stereocenters. The van der Waals surface area contributed by atoms with E-state index >= 15 is 0 Å². The van der Waals surface area contributed by atoms with Crippen LogP contribution in [-0.4, -0.2) is 32.5 Å². The summed E-state index contributed by atoms with van der Waals surface area (Å²) in [5.74, 6) is 1.79. The molecule has 0 saturated heterocycles. The molecule has 1 saturated carbocycles. The molecule has 0 bridgehead atoms. The van der Waals surface area contributed by atoms with E-state index in [9.17, 15) is 4.79 Å².